The van der Waals surface area contributed by atoms with Gasteiger partial charge in [-0.25, -0.2) is 4.98 Å². The number of ketones is 1. The van der Waals surface area contributed by atoms with E-state index in [1.165, 1.54) is 4.90 Å². The number of anilines is 1. The van der Waals surface area contributed by atoms with Gasteiger partial charge in [-0.05, 0) is 48.9 Å². The molecule has 144 valence electrons. The quantitative estimate of drug-likeness (QED) is 0.391. The number of carbonyl (C=O) groups is 2. The second-order valence-electron chi connectivity index (χ2n) is 6.77. The summed E-state index contributed by atoms with van der Waals surface area (Å²) >= 11 is 5.94. The molecule has 0 unspecified atom stereocenters. The summed E-state index contributed by atoms with van der Waals surface area (Å²) in [6.07, 6.45) is 1.56. The van der Waals surface area contributed by atoms with E-state index in [2.05, 4.69) is 4.98 Å². The van der Waals surface area contributed by atoms with Crippen molar-refractivity contribution in [1.29, 1.82) is 0 Å². The molecule has 0 aliphatic carbocycles. The highest BCUT2D eigenvalue weighted by atomic mass is 35.5. The number of aryl methyl sites for hydroxylation is 1. The Morgan fingerprint density at radius 1 is 1.00 bits per heavy atom. The van der Waals surface area contributed by atoms with Gasteiger partial charge in [0.1, 0.15) is 11.6 Å². The average molecular weight is 405 g/mol. The van der Waals surface area contributed by atoms with Gasteiger partial charge in [-0.3, -0.25) is 14.5 Å². The van der Waals surface area contributed by atoms with Crippen LogP contribution in [0, 0.1) is 6.92 Å². The number of aliphatic hydroxyl groups is 1. The molecule has 4 rings (SSSR count). The van der Waals surface area contributed by atoms with Gasteiger partial charge >= 0.3 is 5.91 Å². The first-order chi connectivity index (χ1) is 14.0. The summed E-state index contributed by atoms with van der Waals surface area (Å²) in [6.45, 7) is 1.95. The molecule has 2 aromatic carbocycles. The van der Waals surface area contributed by atoms with Crippen LogP contribution in [0.4, 0.5) is 5.82 Å². The maximum Gasteiger partial charge on any atom is 0.301 e. The maximum atomic E-state index is 13.0. The Morgan fingerprint density at radius 2 is 1.69 bits per heavy atom. The molecule has 29 heavy (non-hydrogen) atoms. The van der Waals surface area contributed by atoms with E-state index in [0.717, 1.165) is 5.56 Å². The van der Waals surface area contributed by atoms with Gasteiger partial charge in [0.15, 0.2) is 0 Å². The molecule has 5 nitrogen and oxygen atoms in total. The van der Waals surface area contributed by atoms with Crippen LogP contribution in [-0.4, -0.2) is 21.8 Å². The number of aromatic nitrogens is 1. The lowest BCUT2D eigenvalue weighted by Gasteiger charge is -2.24. The number of Topliss-reactive ketones (excluding diaryl/α,β-unsaturated/α-hetero) is 1. The summed E-state index contributed by atoms with van der Waals surface area (Å²) < 4.78 is 0. The molecule has 1 N–H and O–H groups in total. The van der Waals surface area contributed by atoms with E-state index in [1.807, 2.05) is 31.2 Å². The van der Waals surface area contributed by atoms with Crippen LogP contribution in [-0.2, 0) is 9.59 Å². The smallest absolute Gasteiger partial charge is 0.301 e. The number of hydrogen-bond acceptors (Lipinski definition) is 4. The van der Waals surface area contributed by atoms with Crippen molar-refractivity contribution >= 4 is 34.9 Å². The van der Waals surface area contributed by atoms with Crippen molar-refractivity contribution < 1.29 is 14.7 Å². The van der Waals surface area contributed by atoms with Crippen LogP contribution in [0.1, 0.15) is 22.7 Å². The van der Waals surface area contributed by atoms with Crippen molar-refractivity contribution in [2.75, 3.05) is 4.90 Å². The van der Waals surface area contributed by atoms with Crippen LogP contribution in [0.15, 0.2) is 78.5 Å². The summed E-state index contributed by atoms with van der Waals surface area (Å²) in [5, 5.41) is 11.5. The van der Waals surface area contributed by atoms with Gasteiger partial charge in [0, 0.05) is 16.8 Å². The second kappa shape index (κ2) is 7.53. The minimum Gasteiger partial charge on any atom is -0.507 e. The highest BCUT2D eigenvalue weighted by Crippen LogP contribution is 2.41. The second-order valence-corrected chi connectivity index (χ2v) is 7.21. The third kappa shape index (κ3) is 3.41. The Balaban J connectivity index is 1.94. The molecule has 1 aliphatic rings. The molecule has 2 heterocycles. The lowest BCUT2D eigenvalue weighted by atomic mass is 9.95. The minimum atomic E-state index is -0.791. The van der Waals surface area contributed by atoms with Crippen molar-refractivity contribution in [2.24, 2.45) is 0 Å². The Labute approximate surface area is 172 Å². The fourth-order valence-corrected chi connectivity index (χ4v) is 3.52. The van der Waals surface area contributed by atoms with Crippen LogP contribution in [0.2, 0.25) is 5.02 Å². The first kappa shape index (κ1) is 18.9. The maximum absolute atomic E-state index is 13.0. The lowest BCUT2D eigenvalue weighted by molar-refractivity contribution is -0.132. The Hall–Kier alpha value is -3.44. The van der Waals surface area contributed by atoms with Crippen LogP contribution >= 0.6 is 11.6 Å². The highest BCUT2D eigenvalue weighted by molar-refractivity contribution is 6.51. The minimum absolute atomic E-state index is 0.0202. The summed E-state index contributed by atoms with van der Waals surface area (Å²) in [4.78, 5) is 31.5. The van der Waals surface area contributed by atoms with E-state index >= 15 is 0 Å². The van der Waals surface area contributed by atoms with E-state index in [4.69, 9.17) is 11.6 Å². The average Bonchev–Trinajstić information content (AvgIpc) is 3.00. The van der Waals surface area contributed by atoms with Crippen LogP contribution in [0.5, 0.6) is 0 Å². The number of nitrogens with zero attached hydrogens (tertiary/aromatic N) is 2. The number of carbonyl (C=O) groups excluding carboxylic acids is 2. The predicted molar refractivity (Wildman–Crippen MR) is 112 cm³/mol. The van der Waals surface area contributed by atoms with Crippen molar-refractivity contribution in [3.63, 3.8) is 0 Å². The summed E-state index contributed by atoms with van der Waals surface area (Å²) in [5.74, 6) is -1.39. The van der Waals surface area contributed by atoms with Gasteiger partial charge < -0.3 is 5.11 Å². The normalized spacial score (nSPS) is 18.3. The van der Waals surface area contributed by atoms with Crippen LogP contribution < -0.4 is 4.90 Å². The van der Waals surface area contributed by atoms with E-state index in [0.29, 0.717) is 22.0 Å². The molecule has 0 bridgehead atoms. The number of halogens is 1. The molecule has 0 radical (unpaired) electrons. The predicted octanol–water partition coefficient (Wildman–Crippen LogP) is 4.67. The molecule has 0 spiro atoms. The zero-order valence-corrected chi connectivity index (χ0v) is 16.3. The number of pyridine rings is 1. The van der Waals surface area contributed by atoms with Gasteiger partial charge in [0.2, 0.25) is 0 Å². The van der Waals surface area contributed by atoms with Gasteiger partial charge in [0.05, 0.1) is 11.6 Å². The number of hydrogen-bond donors (Lipinski definition) is 1. The van der Waals surface area contributed by atoms with Gasteiger partial charge in [-0.2, -0.15) is 0 Å². The molecule has 3 aromatic rings. The Morgan fingerprint density at radius 3 is 2.31 bits per heavy atom. The summed E-state index contributed by atoms with van der Waals surface area (Å²) in [7, 11) is 0. The number of rotatable bonds is 3. The van der Waals surface area contributed by atoms with Gasteiger partial charge in [-0.1, -0.05) is 47.5 Å². The third-order valence-corrected chi connectivity index (χ3v) is 5.10. The van der Waals surface area contributed by atoms with E-state index in [9.17, 15) is 14.7 Å². The summed E-state index contributed by atoms with van der Waals surface area (Å²) in [6, 6.07) is 18.3. The molecule has 1 atom stereocenters. The van der Waals surface area contributed by atoms with E-state index in [-0.39, 0.29) is 11.3 Å². The molecular weight excluding hydrogens is 388 g/mol. The number of amides is 1. The molecule has 1 saturated heterocycles. The molecule has 1 fully saturated rings. The van der Waals surface area contributed by atoms with Crippen molar-refractivity contribution in [3.8, 4) is 0 Å². The molecular formula is C23H17ClN2O3. The monoisotopic (exact) mass is 404 g/mol. The molecule has 0 saturated carbocycles. The Kier molecular flexibility index (Phi) is 4.91. The third-order valence-electron chi connectivity index (χ3n) is 4.85. The SMILES string of the molecule is Cc1ccc([C@H]2/C(=C(\O)c3ccc(Cl)cc3)C(=O)C(=O)N2c2ccccn2)cc1. The summed E-state index contributed by atoms with van der Waals surface area (Å²) in [5.41, 5.74) is 2.18. The standard InChI is InChI=1S/C23H17ClN2O3/c1-14-5-7-15(8-6-14)20-19(21(27)16-9-11-17(24)12-10-16)22(28)23(29)26(20)18-4-2-3-13-25-18/h2-13,20,27H,1H3/b21-19+/t20-/m0/s1. The van der Waals surface area contributed by atoms with Gasteiger partial charge in [0.25, 0.3) is 5.78 Å². The topological polar surface area (TPSA) is 70.5 Å². The van der Waals surface area contributed by atoms with Crippen molar-refractivity contribution in [2.45, 2.75) is 13.0 Å². The number of aliphatic hydroxyl groups excluding tert-OH is 1. The van der Waals surface area contributed by atoms with Crippen molar-refractivity contribution in [3.05, 3.63) is 100 Å². The first-order valence-corrected chi connectivity index (χ1v) is 9.39. The molecule has 1 aromatic heterocycles. The first-order valence-electron chi connectivity index (χ1n) is 9.02. The molecule has 1 aliphatic heterocycles. The van der Waals surface area contributed by atoms with Crippen molar-refractivity contribution in [1.82, 2.24) is 4.98 Å². The van der Waals surface area contributed by atoms with E-state index < -0.39 is 17.7 Å². The fraction of sp³-hybridized carbons (Fsp3) is 0.0870. The molecule has 6 heteroatoms. The zero-order chi connectivity index (χ0) is 20.5. The highest BCUT2D eigenvalue weighted by Gasteiger charge is 2.47. The van der Waals surface area contributed by atoms with E-state index in [1.54, 1.807) is 48.7 Å². The lowest BCUT2D eigenvalue weighted by Crippen LogP contribution is -2.30. The largest absolute Gasteiger partial charge is 0.507 e. The number of benzene rings is 2. The fourth-order valence-electron chi connectivity index (χ4n) is 3.39. The van der Waals surface area contributed by atoms with Crippen LogP contribution in [0.25, 0.3) is 5.76 Å². The Bertz CT molecular complexity index is 1110. The zero-order valence-electron chi connectivity index (χ0n) is 15.5. The van der Waals surface area contributed by atoms with Crippen LogP contribution in [0.3, 0.4) is 0 Å². The van der Waals surface area contributed by atoms with Gasteiger partial charge in [-0.15, -0.1) is 0 Å². The molecule has 1 amide bonds.